The molecule has 7 nitrogen and oxygen atoms in total. The molecule has 0 aromatic heterocycles. The molecule has 0 aliphatic carbocycles. The van der Waals surface area contributed by atoms with Crippen LogP contribution in [-0.4, -0.2) is 48.9 Å². The number of ketones is 1. The van der Waals surface area contributed by atoms with Crippen LogP contribution < -0.4 is 0 Å². The molecule has 144 valence electrons. The summed E-state index contributed by atoms with van der Waals surface area (Å²) >= 11 is 0. The Labute approximate surface area is 157 Å². The van der Waals surface area contributed by atoms with E-state index in [9.17, 15) is 9.90 Å². The molecule has 5 atom stereocenters. The molecular weight excluding hydrogens is 352 g/mol. The van der Waals surface area contributed by atoms with Gasteiger partial charge in [0.15, 0.2) is 12.1 Å². The molecule has 27 heavy (non-hydrogen) atoms. The highest BCUT2D eigenvalue weighted by Gasteiger charge is 2.58. The Kier molecular flexibility index (Phi) is 4.65. The maximum absolute atomic E-state index is 12.0. The molecule has 3 aliphatic rings. The van der Waals surface area contributed by atoms with Crippen LogP contribution in [0.25, 0.3) is 0 Å². The minimum atomic E-state index is -1.88. The van der Waals surface area contributed by atoms with E-state index in [2.05, 4.69) is 0 Å². The number of methoxy groups -OCH3 is 1. The Bertz CT molecular complexity index is 800. The van der Waals surface area contributed by atoms with E-state index in [1.165, 1.54) is 14.0 Å². The van der Waals surface area contributed by atoms with Crippen LogP contribution in [0.3, 0.4) is 0 Å². The number of benzene rings is 1. The van der Waals surface area contributed by atoms with Gasteiger partial charge in [0.05, 0.1) is 12.2 Å². The van der Waals surface area contributed by atoms with Crippen molar-refractivity contribution in [2.75, 3.05) is 13.7 Å². The van der Waals surface area contributed by atoms with Crippen LogP contribution in [-0.2, 0) is 28.5 Å². The summed E-state index contributed by atoms with van der Waals surface area (Å²) in [6.07, 6.45) is -1.22. The van der Waals surface area contributed by atoms with E-state index in [0.29, 0.717) is 16.9 Å². The molecule has 0 radical (unpaired) electrons. The van der Waals surface area contributed by atoms with Crippen LogP contribution in [0.2, 0.25) is 0 Å². The van der Waals surface area contributed by atoms with Gasteiger partial charge in [-0.3, -0.25) is 4.79 Å². The summed E-state index contributed by atoms with van der Waals surface area (Å²) in [6.45, 7) is 3.32. The first-order valence-corrected chi connectivity index (χ1v) is 8.79. The summed E-state index contributed by atoms with van der Waals surface area (Å²) in [5.74, 6) is -1.73. The topological polar surface area (TPSA) is 83.5 Å². The van der Waals surface area contributed by atoms with Gasteiger partial charge >= 0.3 is 0 Å². The highest BCUT2D eigenvalue weighted by molar-refractivity contribution is 5.97. The largest absolute Gasteiger partial charge is 0.457 e. The maximum atomic E-state index is 12.0. The van der Waals surface area contributed by atoms with E-state index >= 15 is 0 Å². The molecule has 3 aliphatic heterocycles. The highest BCUT2D eigenvalue weighted by atomic mass is 16.8. The van der Waals surface area contributed by atoms with E-state index in [0.717, 1.165) is 5.56 Å². The number of fused-ring (bicyclic) bond motifs is 3. The molecule has 2 saturated heterocycles. The molecule has 0 spiro atoms. The van der Waals surface area contributed by atoms with Crippen LogP contribution in [0.1, 0.15) is 25.7 Å². The van der Waals surface area contributed by atoms with Gasteiger partial charge in [0.25, 0.3) is 5.79 Å². The fourth-order valence-electron chi connectivity index (χ4n) is 3.69. The normalized spacial score (nSPS) is 35.6. The average molecular weight is 374 g/mol. The van der Waals surface area contributed by atoms with Crippen molar-refractivity contribution in [3.63, 3.8) is 0 Å². The number of Topliss-reactive ketones (excluding diaryl/α,β-unsaturated/α-hetero) is 1. The third-order valence-corrected chi connectivity index (χ3v) is 5.01. The first kappa shape index (κ1) is 18.3. The summed E-state index contributed by atoms with van der Waals surface area (Å²) in [6, 6.07) is 9.49. The second-order valence-corrected chi connectivity index (χ2v) is 6.80. The molecule has 7 heteroatoms. The molecule has 0 bridgehead atoms. The minimum absolute atomic E-state index is 0.161. The zero-order valence-electron chi connectivity index (χ0n) is 15.4. The number of hydrogen-bond donors (Lipinski definition) is 1. The number of carbonyl (C=O) groups excluding carboxylic acids is 1. The number of allylic oxidation sites excluding steroid dienone is 3. The molecule has 0 amide bonds. The van der Waals surface area contributed by atoms with Gasteiger partial charge in [0.2, 0.25) is 6.29 Å². The minimum Gasteiger partial charge on any atom is -0.457 e. The fraction of sp³-hybridized carbons (Fsp3) is 0.450. The Balaban J connectivity index is 1.73. The third-order valence-electron chi connectivity index (χ3n) is 5.01. The molecule has 2 fully saturated rings. The highest BCUT2D eigenvalue weighted by Crippen LogP contribution is 2.45. The van der Waals surface area contributed by atoms with Crippen molar-refractivity contribution in [3.05, 3.63) is 58.9 Å². The Morgan fingerprint density at radius 3 is 2.67 bits per heavy atom. The Morgan fingerprint density at radius 2 is 2.00 bits per heavy atom. The molecular formula is C20H22O7. The fourth-order valence-corrected chi connectivity index (χ4v) is 3.69. The predicted octanol–water partition coefficient (Wildman–Crippen LogP) is 1.98. The van der Waals surface area contributed by atoms with Gasteiger partial charge in [-0.15, -0.1) is 0 Å². The van der Waals surface area contributed by atoms with Crippen LogP contribution in [0.15, 0.2) is 53.3 Å². The quantitative estimate of drug-likeness (QED) is 0.866. The van der Waals surface area contributed by atoms with Crippen molar-refractivity contribution >= 4 is 5.78 Å². The van der Waals surface area contributed by atoms with Crippen molar-refractivity contribution in [1.29, 1.82) is 0 Å². The SMILES string of the molecule is CO[C@H]1O[C@@H]2CO[C@@H](c3ccccc3)O[C@H]2C2=CC(C(C)=O)=C(C)O[C@]21O. The van der Waals surface area contributed by atoms with E-state index in [-0.39, 0.29) is 12.4 Å². The van der Waals surface area contributed by atoms with Gasteiger partial charge in [-0.25, -0.2) is 0 Å². The standard InChI is InChI=1S/C20H22O7/c1-11(21)14-9-15-17-16(25-19(23-3)20(15,22)27-12(14)2)10-24-18(26-17)13-7-5-4-6-8-13/h4-9,16-19,22H,10H2,1-3H3/t16-,17+,18-,19+,20-/m1/s1. The third kappa shape index (κ3) is 3.01. The van der Waals surface area contributed by atoms with Gasteiger partial charge in [0.1, 0.15) is 18.0 Å². The first-order chi connectivity index (χ1) is 12.9. The van der Waals surface area contributed by atoms with E-state index in [4.69, 9.17) is 23.7 Å². The second-order valence-electron chi connectivity index (χ2n) is 6.80. The van der Waals surface area contributed by atoms with E-state index in [1.807, 2.05) is 30.3 Å². The molecule has 0 unspecified atom stereocenters. The molecule has 3 heterocycles. The van der Waals surface area contributed by atoms with Crippen LogP contribution in [0, 0.1) is 0 Å². The number of aliphatic hydroxyl groups is 1. The summed E-state index contributed by atoms with van der Waals surface area (Å²) < 4.78 is 28.8. The molecule has 1 N–H and O–H groups in total. The van der Waals surface area contributed by atoms with Crippen LogP contribution >= 0.6 is 0 Å². The van der Waals surface area contributed by atoms with Crippen LogP contribution in [0.4, 0.5) is 0 Å². The van der Waals surface area contributed by atoms with Gasteiger partial charge in [0, 0.05) is 18.2 Å². The molecule has 1 aromatic carbocycles. The zero-order valence-corrected chi connectivity index (χ0v) is 15.4. The zero-order chi connectivity index (χ0) is 19.2. The number of ether oxygens (including phenoxy) is 5. The first-order valence-electron chi connectivity index (χ1n) is 8.79. The number of rotatable bonds is 3. The van der Waals surface area contributed by atoms with Gasteiger partial charge in [-0.1, -0.05) is 30.3 Å². The Morgan fingerprint density at radius 1 is 1.26 bits per heavy atom. The van der Waals surface area contributed by atoms with Crippen LogP contribution in [0.5, 0.6) is 0 Å². The van der Waals surface area contributed by atoms with Crippen molar-refractivity contribution in [2.24, 2.45) is 0 Å². The van der Waals surface area contributed by atoms with E-state index < -0.39 is 30.6 Å². The summed E-state index contributed by atoms with van der Waals surface area (Å²) in [5, 5.41) is 11.2. The van der Waals surface area contributed by atoms with Gasteiger partial charge < -0.3 is 28.8 Å². The lowest BCUT2D eigenvalue weighted by molar-refractivity contribution is -0.375. The number of carbonyl (C=O) groups is 1. The summed E-state index contributed by atoms with van der Waals surface area (Å²) in [7, 11) is 1.42. The van der Waals surface area contributed by atoms with Crippen molar-refractivity contribution in [1.82, 2.24) is 0 Å². The smallest absolute Gasteiger partial charge is 0.285 e. The number of hydrogen-bond acceptors (Lipinski definition) is 7. The van der Waals surface area contributed by atoms with Crippen molar-refractivity contribution < 1.29 is 33.6 Å². The molecule has 4 rings (SSSR count). The van der Waals surface area contributed by atoms with Crippen molar-refractivity contribution in [3.8, 4) is 0 Å². The summed E-state index contributed by atoms with van der Waals surface area (Å²) in [5.41, 5.74) is 1.63. The lowest BCUT2D eigenvalue weighted by Crippen LogP contribution is -2.63. The van der Waals surface area contributed by atoms with E-state index in [1.54, 1.807) is 13.0 Å². The monoisotopic (exact) mass is 374 g/mol. The maximum Gasteiger partial charge on any atom is 0.285 e. The lowest BCUT2D eigenvalue weighted by Gasteiger charge is -2.50. The van der Waals surface area contributed by atoms with Gasteiger partial charge in [-0.2, -0.15) is 0 Å². The Hall–Kier alpha value is -2.03. The predicted molar refractivity (Wildman–Crippen MR) is 93.2 cm³/mol. The van der Waals surface area contributed by atoms with Gasteiger partial charge in [-0.05, 0) is 19.9 Å². The van der Waals surface area contributed by atoms with Crippen molar-refractivity contribution in [2.45, 2.75) is 44.4 Å². The second kappa shape index (κ2) is 6.85. The lowest BCUT2D eigenvalue weighted by atomic mass is 9.87. The molecule has 0 saturated carbocycles. The average Bonchev–Trinajstić information content (AvgIpc) is 2.66. The molecule has 1 aromatic rings. The summed E-state index contributed by atoms with van der Waals surface area (Å²) in [4.78, 5) is 12.0.